The quantitative estimate of drug-likeness (QED) is 0.728. The monoisotopic (exact) mass is 338 g/mol. The third kappa shape index (κ3) is 2.90. The van der Waals surface area contributed by atoms with Gasteiger partial charge in [-0.3, -0.25) is 9.13 Å². The van der Waals surface area contributed by atoms with Gasteiger partial charge in [0.1, 0.15) is 0 Å². The highest BCUT2D eigenvalue weighted by molar-refractivity contribution is 5.71. The van der Waals surface area contributed by atoms with Crippen molar-refractivity contribution in [2.45, 2.75) is 26.3 Å². The van der Waals surface area contributed by atoms with E-state index in [9.17, 15) is 4.79 Å². The van der Waals surface area contributed by atoms with Crippen LogP contribution in [-0.4, -0.2) is 37.2 Å². The number of piperidine rings is 1. The Labute approximate surface area is 146 Å². The maximum absolute atomic E-state index is 12.5. The summed E-state index contributed by atoms with van der Waals surface area (Å²) in [7, 11) is 1.81. The molecule has 0 aliphatic carbocycles. The summed E-state index contributed by atoms with van der Waals surface area (Å²) in [5.74, 6) is 1.27. The lowest BCUT2D eigenvalue weighted by Gasteiger charge is -2.32. The summed E-state index contributed by atoms with van der Waals surface area (Å²) in [4.78, 5) is 28.1. The number of aryl methyl sites for hydroxylation is 2. The maximum Gasteiger partial charge on any atom is 0.330 e. The molecular weight excluding hydrogens is 316 g/mol. The second-order valence-electron chi connectivity index (χ2n) is 6.73. The third-order valence-electron chi connectivity index (χ3n) is 5.02. The first-order chi connectivity index (χ1) is 12.1. The van der Waals surface area contributed by atoms with E-state index >= 15 is 0 Å². The summed E-state index contributed by atoms with van der Waals surface area (Å²) in [6, 6.07) is 5.72. The molecule has 0 amide bonds. The van der Waals surface area contributed by atoms with Crippen LogP contribution in [0.1, 0.15) is 18.5 Å². The largest absolute Gasteiger partial charge is 0.341 e. The highest BCUT2D eigenvalue weighted by Crippen LogP contribution is 2.23. The molecule has 0 N–H and O–H groups in total. The van der Waals surface area contributed by atoms with E-state index in [0.29, 0.717) is 5.92 Å². The van der Waals surface area contributed by atoms with Crippen molar-refractivity contribution >= 4 is 17.1 Å². The van der Waals surface area contributed by atoms with Gasteiger partial charge in [0.25, 0.3) is 0 Å². The van der Waals surface area contributed by atoms with Crippen molar-refractivity contribution < 1.29 is 0 Å². The van der Waals surface area contributed by atoms with Gasteiger partial charge in [0, 0.05) is 44.8 Å². The lowest BCUT2D eigenvalue weighted by Crippen LogP contribution is -2.37. The van der Waals surface area contributed by atoms with Crippen LogP contribution < -0.4 is 10.6 Å². The predicted molar refractivity (Wildman–Crippen MR) is 96.7 cm³/mol. The molecule has 7 heteroatoms. The molecular formula is C18H22N6O. The number of anilines is 1. The molecule has 1 aliphatic rings. The van der Waals surface area contributed by atoms with Crippen molar-refractivity contribution in [2.24, 2.45) is 13.0 Å². The predicted octanol–water partition coefficient (Wildman–Crippen LogP) is 1.75. The van der Waals surface area contributed by atoms with E-state index in [-0.39, 0.29) is 5.69 Å². The fourth-order valence-corrected chi connectivity index (χ4v) is 3.56. The first-order valence-electron chi connectivity index (χ1n) is 8.68. The Morgan fingerprint density at radius 2 is 1.96 bits per heavy atom. The molecule has 0 atom stereocenters. The van der Waals surface area contributed by atoms with Crippen molar-refractivity contribution in [2.75, 3.05) is 18.0 Å². The van der Waals surface area contributed by atoms with E-state index in [1.807, 2.05) is 35.9 Å². The van der Waals surface area contributed by atoms with E-state index in [1.54, 1.807) is 17.8 Å². The number of fused-ring (bicyclic) bond motifs is 1. The SMILES string of the molecule is Cc1ccnc(N2CCC(Cn3c(=O)n(C)c4cccnc43)CC2)n1. The summed E-state index contributed by atoms with van der Waals surface area (Å²) in [6.07, 6.45) is 5.60. The van der Waals surface area contributed by atoms with E-state index in [2.05, 4.69) is 19.9 Å². The van der Waals surface area contributed by atoms with Crippen LogP contribution in [0, 0.1) is 12.8 Å². The molecule has 0 bridgehead atoms. The molecule has 7 nitrogen and oxygen atoms in total. The van der Waals surface area contributed by atoms with Crippen LogP contribution in [-0.2, 0) is 13.6 Å². The van der Waals surface area contributed by atoms with Gasteiger partial charge in [-0.25, -0.2) is 19.7 Å². The molecule has 4 rings (SSSR count). The third-order valence-corrected chi connectivity index (χ3v) is 5.02. The summed E-state index contributed by atoms with van der Waals surface area (Å²) in [5, 5.41) is 0. The van der Waals surface area contributed by atoms with Crippen LogP contribution in [0.2, 0.25) is 0 Å². The molecule has 130 valence electrons. The molecule has 4 heterocycles. The molecule has 3 aromatic heterocycles. The van der Waals surface area contributed by atoms with Gasteiger partial charge in [0.15, 0.2) is 5.65 Å². The van der Waals surface area contributed by atoms with E-state index in [4.69, 9.17) is 0 Å². The first-order valence-corrected chi connectivity index (χ1v) is 8.68. The van der Waals surface area contributed by atoms with E-state index < -0.39 is 0 Å². The van der Waals surface area contributed by atoms with Crippen molar-refractivity contribution in [3.05, 3.63) is 46.8 Å². The highest BCUT2D eigenvalue weighted by atomic mass is 16.1. The van der Waals surface area contributed by atoms with Crippen LogP contribution >= 0.6 is 0 Å². The zero-order chi connectivity index (χ0) is 17.4. The molecule has 1 aliphatic heterocycles. The molecule has 0 unspecified atom stereocenters. The van der Waals surface area contributed by atoms with Gasteiger partial charge in [-0.05, 0) is 43.9 Å². The average Bonchev–Trinajstić information content (AvgIpc) is 2.88. The molecule has 1 fully saturated rings. The number of imidazole rings is 1. The van der Waals surface area contributed by atoms with E-state index in [1.165, 1.54) is 0 Å². The molecule has 0 spiro atoms. The standard InChI is InChI=1S/C18H22N6O/c1-13-5-9-20-17(21-13)23-10-6-14(7-11-23)12-24-16-15(4-3-8-19-16)22(2)18(24)25/h3-5,8-9,14H,6-7,10-12H2,1-2H3. The van der Waals surface area contributed by atoms with Crippen LogP contribution in [0.4, 0.5) is 5.95 Å². The van der Waals surface area contributed by atoms with Gasteiger partial charge in [0.2, 0.25) is 5.95 Å². The van der Waals surface area contributed by atoms with Gasteiger partial charge in [0.05, 0.1) is 5.52 Å². The van der Waals surface area contributed by atoms with Crippen molar-refractivity contribution in [1.82, 2.24) is 24.1 Å². The van der Waals surface area contributed by atoms with Crippen LogP contribution in [0.5, 0.6) is 0 Å². The van der Waals surface area contributed by atoms with E-state index in [0.717, 1.165) is 55.3 Å². The van der Waals surface area contributed by atoms with Crippen molar-refractivity contribution in [1.29, 1.82) is 0 Å². The summed E-state index contributed by atoms with van der Waals surface area (Å²) < 4.78 is 3.50. The average molecular weight is 338 g/mol. The number of nitrogens with zero attached hydrogens (tertiary/aromatic N) is 6. The molecule has 0 aromatic carbocycles. The maximum atomic E-state index is 12.5. The lowest BCUT2D eigenvalue weighted by atomic mass is 9.97. The lowest BCUT2D eigenvalue weighted by molar-refractivity contribution is 0.353. The Hall–Kier alpha value is -2.70. The van der Waals surface area contributed by atoms with Gasteiger partial charge >= 0.3 is 5.69 Å². The highest BCUT2D eigenvalue weighted by Gasteiger charge is 2.23. The number of hydrogen-bond acceptors (Lipinski definition) is 5. The number of aromatic nitrogens is 5. The molecule has 1 saturated heterocycles. The van der Waals surface area contributed by atoms with Crippen molar-refractivity contribution in [3.8, 4) is 0 Å². The number of hydrogen-bond donors (Lipinski definition) is 0. The molecule has 3 aromatic rings. The first kappa shape index (κ1) is 15.8. The fourth-order valence-electron chi connectivity index (χ4n) is 3.56. The minimum atomic E-state index is 0.0122. The van der Waals surface area contributed by atoms with Crippen LogP contribution in [0.25, 0.3) is 11.2 Å². The Morgan fingerprint density at radius 3 is 2.72 bits per heavy atom. The summed E-state index contributed by atoms with van der Waals surface area (Å²) in [6.45, 7) is 4.54. The Bertz CT molecular complexity index is 952. The van der Waals surface area contributed by atoms with Crippen LogP contribution in [0.3, 0.4) is 0 Å². The Morgan fingerprint density at radius 1 is 1.16 bits per heavy atom. The zero-order valence-corrected chi connectivity index (χ0v) is 14.6. The van der Waals surface area contributed by atoms with Gasteiger partial charge in [-0.2, -0.15) is 0 Å². The zero-order valence-electron chi connectivity index (χ0n) is 14.6. The topological polar surface area (TPSA) is 68.8 Å². The Kier molecular flexibility index (Phi) is 3.99. The van der Waals surface area contributed by atoms with Crippen molar-refractivity contribution in [3.63, 3.8) is 0 Å². The minimum absolute atomic E-state index is 0.0122. The smallest absolute Gasteiger partial charge is 0.330 e. The second-order valence-corrected chi connectivity index (χ2v) is 6.73. The fraction of sp³-hybridized carbons (Fsp3) is 0.444. The molecule has 0 radical (unpaired) electrons. The van der Waals surface area contributed by atoms with Gasteiger partial charge in [-0.1, -0.05) is 0 Å². The number of rotatable bonds is 3. The molecule has 0 saturated carbocycles. The van der Waals surface area contributed by atoms with Gasteiger partial charge < -0.3 is 4.90 Å². The number of pyridine rings is 1. The van der Waals surface area contributed by atoms with Crippen LogP contribution in [0.15, 0.2) is 35.4 Å². The summed E-state index contributed by atoms with van der Waals surface area (Å²) in [5.41, 5.74) is 2.66. The molecule has 25 heavy (non-hydrogen) atoms. The van der Waals surface area contributed by atoms with Gasteiger partial charge in [-0.15, -0.1) is 0 Å². The summed E-state index contributed by atoms with van der Waals surface area (Å²) >= 11 is 0. The minimum Gasteiger partial charge on any atom is -0.341 e. The second kappa shape index (κ2) is 6.31. The Balaban J connectivity index is 1.49. The normalized spacial score (nSPS) is 15.8.